The molecule has 12 heterocycles. The van der Waals surface area contributed by atoms with Gasteiger partial charge in [-0.25, -0.2) is 24.7 Å². The van der Waals surface area contributed by atoms with Crippen molar-refractivity contribution in [2.45, 2.75) is 157 Å². The van der Waals surface area contributed by atoms with E-state index in [0.29, 0.717) is 117 Å². The largest absolute Gasteiger partial charge is 0.474 e. The predicted octanol–water partition coefficient (Wildman–Crippen LogP) is 9.13. The van der Waals surface area contributed by atoms with Crippen LogP contribution in [0.3, 0.4) is 0 Å². The van der Waals surface area contributed by atoms with Crippen molar-refractivity contribution in [3.05, 3.63) is 159 Å². The number of carbonyl (C=O) groups is 12. The van der Waals surface area contributed by atoms with Crippen molar-refractivity contribution in [2.24, 2.45) is 46.6 Å². The van der Waals surface area contributed by atoms with E-state index in [1.54, 1.807) is 75.4 Å². The second-order valence-corrected chi connectivity index (χ2v) is 33.4. The van der Waals surface area contributed by atoms with Crippen LogP contribution < -0.4 is 72.5 Å². The summed E-state index contributed by atoms with van der Waals surface area (Å²) in [6.45, 7) is 18.6. The maximum absolute atomic E-state index is 13.0. The van der Waals surface area contributed by atoms with Gasteiger partial charge in [0.25, 0.3) is 23.6 Å². The number of likely N-dealkylation sites (tertiary alicyclic amines) is 3. The van der Waals surface area contributed by atoms with Gasteiger partial charge in [-0.3, -0.25) is 52.7 Å². The van der Waals surface area contributed by atoms with Crippen molar-refractivity contribution >= 4 is 162 Å². The van der Waals surface area contributed by atoms with Gasteiger partial charge in [-0.05, 0) is 202 Å². The average molecular weight is 1680 g/mol. The number of aliphatic carboxylic acids is 1. The van der Waals surface area contributed by atoms with Gasteiger partial charge < -0.3 is 92.3 Å². The molecule has 0 aliphatic carbocycles. The summed E-state index contributed by atoms with van der Waals surface area (Å²) in [5.41, 5.74) is 49.0. The number of carbonyl (C=O) groups excluding carboxylic acids is 11. The number of amides is 11. The van der Waals surface area contributed by atoms with Crippen LogP contribution in [-0.2, 0) is 64.0 Å². The van der Waals surface area contributed by atoms with Crippen molar-refractivity contribution in [1.82, 2.24) is 40.0 Å². The zero-order valence-electron chi connectivity index (χ0n) is 66.4. The number of carboxylic acids is 1. The molecule has 0 radical (unpaired) electrons. The monoisotopic (exact) mass is 1680 g/mol. The number of aromatic nitrogens is 4. The lowest BCUT2D eigenvalue weighted by atomic mass is 9.93. The Bertz CT molecular complexity index is 4580. The molecule has 0 spiro atoms. The molecule has 4 aliphatic heterocycles. The molecule has 8 atom stereocenters. The first-order valence-electron chi connectivity index (χ1n) is 38.3. The molecular weight excluding hydrogens is 1580 g/mol. The summed E-state index contributed by atoms with van der Waals surface area (Å²) in [7, 11) is 0. The van der Waals surface area contributed by atoms with E-state index in [1.807, 2.05) is 39.8 Å². The number of piperidine rings is 4. The summed E-state index contributed by atoms with van der Waals surface area (Å²) in [5.74, 6) is -5.21. The van der Waals surface area contributed by atoms with E-state index in [2.05, 4.69) is 74.2 Å². The van der Waals surface area contributed by atoms with Crippen molar-refractivity contribution in [3.8, 4) is 0 Å². The van der Waals surface area contributed by atoms with E-state index in [-0.39, 0.29) is 41.8 Å². The summed E-state index contributed by atoms with van der Waals surface area (Å²) in [6, 6.07) is 20.7. The van der Waals surface area contributed by atoms with Gasteiger partial charge in [0.1, 0.15) is 23.3 Å². The highest BCUT2D eigenvalue weighted by Crippen LogP contribution is 2.41. The Kier molecular flexibility index (Phi) is 32.7. The van der Waals surface area contributed by atoms with Crippen molar-refractivity contribution < 1.29 is 62.6 Å². The quantitative estimate of drug-likeness (QED) is 0.0401. The highest BCUT2D eigenvalue weighted by molar-refractivity contribution is 7.15. The third kappa shape index (κ3) is 24.9. The lowest BCUT2D eigenvalue weighted by Crippen LogP contribution is -2.46. The molecule has 12 rings (SSSR count). The number of nitrogens with one attached hydrogen (secondary N) is 5. The lowest BCUT2D eigenvalue weighted by molar-refractivity contribution is -0.147. The van der Waals surface area contributed by atoms with Crippen LogP contribution in [-0.4, -0.2) is 137 Å². The van der Waals surface area contributed by atoms with Crippen molar-refractivity contribution in [1.29, 1.82) is 0 Å². The molecule has 0 unspecified atom stereocenters. The molecule has 624 valence electrons. The number of pyridine rings is 4. The Morgan fingerprint density at radius 2 is 0.641 bits per heavy atom. The number of nitrogens with zero attached hydrogens (tertiary/aromatic N) is 7. The molecule has 4 fully saturated rings. The zero-order valence-corrected chi connectivity index (χ0v) is 69.7. The van der Waals surface area contributed by atoms with Crippen LogP contribution in [0, 0.1) is 23.7 Å². The van der Waals surface area contributed by atoms with Gasteiger partial charge in [0.2, 0.25) is 0 Å². The zero-order chi connectivity index (χ0) is 85.6. The fraction of sp³-hybridized carbons (Fsp3) is 0.400. The van der Waals surface area contributed by atoms with Gasteiger partial charge in [-0.15, -0.1) is 45.3 Å². The van der Waals surface area contributed by atoms with Gasteiger partial charge in [-0.1, -0.05) is 55.4 Å². The maximum atomic E-state index is 13.0. The van der Waals surface area contributed by atoms with E-state index in [1.165, 1.54) is 81.4 Å². The van der Waals surface area contributed by atoms with E-state index in [9.17, 15) is 57.5 Å². The number of carboxylic acid groups (broad SMARTS) is 1. The second kappa shape index (κ2) is 42.2. The molecule has 117 heavy (non-hydrogen) atoms. The SMILES string of the molecule is CCc1cc(NC(=O)C(=O)N2C[C@@H](C)CC[C@@H]2c2ccc(C(N)=O)s2)cnc1N.CCc1cc(NC(=O)C(=O)N2C[C@H](C)CC[C@H]2c2ccc(C(N)=O)s2)cnc1N.CCc1cc(NC(=O)C(=O)N2C[C@H](C)CC[C@H]2c2ccc(C(N)=O)s2)cnc1N.CCc1cc(NC(=O)C(=O)O)cnc1N.C[C@@H]1CC[C@@H](c2ccc(C(N)=O)s2)NC1. The topological polar surface area (TPSA) is 555 Å². The van der Waals surface area contributed by atoms with Gasteiger partial charge in [0.15, 0.2) is 0 Å². The van der Waals surface area contributed by atoms with Crippen LogP contribution in [0.25, 0.3) is 0 Å². The number of rotatable bonds is 16. The molecule has 11 amide bonds. The molecule has 33 nitrogen and oxygen atoms in total. The van der Waals surface area contributed by atoms with Crippen LogP contribution in [0.1, 0.15) is 211 Å². The van der Waals surface area contributed by atoms with Crippen LogP contribution >= 0.6 is 45.3 Å². The Morgan fingerprint density at radius 1 is 0.385 bits per heavy atom. The number of nitrogen functional groups attached to an aromatic ring is 4. The predicted molar refractivity (Wildman–Crippen MR) is 453 cm³/mol. The molecular formula is C80H102N20O13S4. The number of thiophene rings is 4. The number of nitrogens with two attached hydrogens (primary N) is 8. The number of hydrogen-bond acceptors (Lipinski definition) is 25. The molecule has 22 N–H and O–H groups in total. The molecule has 4 aliphatic rings. The molecule has 0 aromatic carbocycles. The molecule has 8 aromatic rings. The van der Waals surface area contributed by atoms with E-state index in [0.717, 1.165) is 94.3 Å². The smallest absolute Gasteiger partial charge is 0.394 e. The Morgan fingerprint density at radius 3 is 0.880 bits per heavy atom. The fourth-order valence-corrected chi connectivity index (χ4v) is 17.5. The first-order chi connectivity index (χ1) is 55.6. The van der Waals surface area contributed by atoms with Crippen molar-refractivity contribution in [2.75, 3.05) is 70.4 Å². The standard InChI is InChI=1S/3C20H25N5O3S.C11H16N2OS.C9H11N3O3/c3*1-3-12-8-13(9-23-17(12)21)24-19(27)20(28)25-10-11(2)4-5-14(25)15-6-7-16(29-15)18(22)26;1-7-2-3-8(13-6-7)9-4-5-10(15-9)11(12)14;1-2-5-3-6(4-11-7(5)10)12-8(13)9(14)15/h3*6-9,11,14H,3-5,10H2,1-2H3,(H2,21,23)(H2,22,26)(H,24,27);4-5,7-8,13H,2-3,6H2,1H3,(H2,12,14);3-4H,2H2,1H3,(H2,10,11)(H,12,13)(H,14,15)/t3*11-,14+;7-,8+;/m1101./s1. The number of hydrogen-bond donors (Lipinski definition) is 14. The van der Waals surface area contributed by atoms with Crippen LogP contribution in [0.15, 0.2) is 97.6 Å². The Balaban J connectivity index is 0.000000187. The fourth-order valence-electron chi connectivity index (χ4n) is 13.5. The molecule has 4 saturated heterocycles. The Hall–Kier alpha value is -11.8. The van der Waals surface area contributed by atoms with Crippen LogP contribution in [0.5, 0.6) is 0 Å². The summed E-state index contributed by atoms with van der Waals surface area (Å²) in [4.78, 5) is 170. The Labute approximate surface area is 693 Å². The first-order valence-corrected chi connectivity index (χ1v) is 41.6. The molecule has 0 bridgehead atoms. The van der Waals surface area contributed by atoms with Gasteiger partial charge in [0.05, 0.1) is 85.2 Å². The minimum absolute atomic E-state index is 0.252. The summed E-state index contributed by atoms with van der Waals surface area (Å²) in [6.07, 6.45) is 15.7. The summed E-state index contributed by atoms with van der Waals surface area (Å²) in [5, 5.41) is 21.9. The highest BCUT2D eigenvalue weighted by atomic mass is 32.1. The maximum Gasteiger partial charge on any atom is 0.394 e. The van der Waals surface area contributed by atoms with Gasteiger partial charge >= 0.3 is 47.3 Å². The van der Waals surface area contributed by atoms with E-state index in [4.69, 9.17) is 51.0 Å². The van der Waals surface area contributed by atoms with E-state index < -0.39 is 65.0 Å². The first kappa shape index (κ1) is 90.7. The summed E-state index contributed by atoms with van der Waals surface area (Å²) >= 11 is 5.32. The molecule has 0 saturated carbocycles. The third-order valence-corrected chi connectivity index (χ3v) is 24.9. The lowest BCUT2D eigenvalue weighted by Gasteiger charge is -2.37. The van der Waals surface area contributed by atoms with Crippen molar-refractivity contribution in [3.63, 3.8) is 0 Å². The number of primary amides is 4. The second-order valence-electron chi connectivity index (χ2n) is 29.0. The van der Waals surface area contributed by atoms with E-state index >= 15 is 0 Å². The van der Waals surface area contributed by atoms with Gasteiger partial charge in [0, 0.05) is 45.2 Å². The highest BCUT2D eigenvalue weighted by Gasteiger charge is 2.39. The summed E-state index contributed by atoms with van der Waals surface area (Å²) < 4.78 is 0. The molecule has 8 aromatic heterocycles. The van der Waals surface area contributed by atoms with Gasteiger partial charge in [-0.2, -0.15) is 0 Å². The normalized spacial score (nSPS) is 18.8. The minimum atomic E-state index is -1.54. The molecule has 37 heteroatoms. The third-order valence-electron chi connectivity index (χ3n) is 20.0. The van der Waals surface area contributed by atoms with Crippen LogP contribution in [0.4, 0.5) is 46.0 Å². The van der Waals surface area contributed by atoms with Crippen LogP contribution in [0.2, 0.25) is 0 Å². The minimum Gasteiger partial charge on any atom is -0.474 e. The number of anilines is 8. The average Bonchev–Trinajstić information content (AvgIpc) is 1.46. The number of aryl methyl sites for hydroxylation is 4.